The van der Waals surface area contributed by atoms with Crippen LogP contribution in [-0.4, -0.2) is 61.7 Å². The van der Waals surface area contributed by atoms with Gasteiger partial charge in [0.2, 0.25) is 11.8 Å². The molecule has 0 aromatic heterocycles. The molecule has 1 atom stereocenters. The highest BCUT2D eigenvalue weighted by molar-refractivity contribution is 9.10. The summed E-state index contributed by atoms with van der Waals surface area (Å²) in [7, 11) is -1.18. The Kier molecular flexibility index (Phi) is 10.5. The number of carbonyl (C=O) groups excluding carboxylic acids is 2. The first-order chi connectivity index (χ1) is 18.8. The van der Waals surface area contributed by atoms with Crippen molar-refractivity contribution in [3.8, 4) is 0 Å². The highest BCUT2D eigenvalue weighted by Crippen LogP contribution is 2.22. The van der Waals surface area contributed by atoms with Crippen LogP contribution in [0.3, 0.4) is 0 Å². The molecule has 1 N–H and O–H groups in total. The number of hydrogen-bond donors (Lipinski definition) is 1. The van der Waals surface area contributed by atoms with E-state index in [1.54, 1.807) is 30.3 Å². The zero-order chi connectivity index (χ0) is 29.5. The Labute approximate surface area is 246 Å². The zero-order valence-electron chi connectivity index (χ0n) is 23.5. The van der Waals surface area contributed by atoms with Gasteiger partial charge in [-0.1, -0.05) is 76.6 Å². The maximum Gasteiger partial charge on any atom is 0.304 e. The number of carbonyl (C=O) groups is 2. The first kappa shape index (κ1) is 31.3. The molecule has 0 aliphatic carbocycles. The zero-order valence-corrected chi connectivity index (χ0v) is 25.9. The summed E-state index contributed by atoms with van der Waals surface area (Å²) in [4.78, 5) is 29.5. The van der Waals surface area contributed by atoms with E-state index in [4.69, 9.17) is 0 Å². The molecule has 10 heteroatoms. The van der Waals surface area contributed by atoms with Gasteiger partial charge in [0.15, 0.2) is 0 Å². The summed E-state index contributed by atoms with van der Waals surface area (Å²) in [5.41, 5.74) is 1.49. The van der Waals surface area contributed by atoms with Crippen LogP contribution in [0.25, 0.3) is 0 Å². The van der Waals surface area contributed by atoms with Crippen molar-refractivity contribution in [1.29, 1.82) is 0 Å². The molecule has 0 aliphatic rings. The lowest BCUT2D eigenvalue weighted by molar-refractivity contribution is -0.140. The van der Waals surface area contributed by atoms with E-state index in [2.05, 4.69) is 21.2 Å². The van der Waals surface area contributed by atoms with Gasteiger partial charge in [0.25, 0.3) is 0 Å². The molecule has 0 radical (unpaired) electrons. The Balaban J connectivity index is 2.10. The van der Waals surface area contributed by atoms with Crippen LogP contribution in [0.15, 0.2) is 89.4 Å². The summed E-state index contributed by atoms with van der Waals surface area (Å²) in [6, 6.07) is 24.6. The molecule has 0 aliphatic heterocycles. The average Bonchev–Trinajstić information content (AvgIpc) is 2.89. The standard InChI is InChI=1S/C30H37BrN4O4S/c1-30(2,3)32-29(37)27(20-23-13-8-6-9-14-23)34(21-24-15-12-16-25(31)19-24)28(36)22-35(40(38,39)33(4)5)26-17-10-7-11-18-26/h6-19,27H,20-22H2,1-5H3,(H,32,37)/t27-/m1/s1. The summed E-state index contributed by atoms with van der Waals surface area (Å²) < 4.78 is 29.7. The minimum atomic E-state index is -4.02. The number of hydrogen-bond acceptors (Lipinski definition) is 4. The number of nitrogens with one attached hydrogen (secondary N) is 1. The molecule has 0 bridgehead atoms. The Hall–Kier alpha value is -3.21. The molecule has 3 aromatic rings. The Bertz CT molecular complexity index is 1390. The minimum Gasteiger partial charge on any atom is -0.350 e. The van der Waals surface area contributed by atoms with Crippen LogP contribution in [0, 0.1) is 0 Å². The highest BCUT2D eigenvalue weighted by Gasteiger charge is 2.35. The normalized spacial score (nSPS) is 12.6. The smallest absolute Gasteiger partial charge is 0.304 e. The number of rotatable bonds is 11. The van der Waals surface area contributed by atoms with Crippen LogP contribution in [0.5, 0.6) is 0 Å². The van der Waals surface area contributed by atoms with Gasteiger partial charge in [0.1, 0.15) is 12.6 Å². The second-order valence-corrected chi connectivity index (χ2v) is 13.7. The summed E-state index contributed by atoms with van der Waals surface area (Å²) in [6.07, 6.45) is 0.258. The number of halogens is 1. The molecule has 0 unspecified atom stereocenters. The number of anilines is 1. The summed E-state index contributed by atoms with van der Waals surface area (Å²) >= 11 is 3.49. The predicted molar refractivity (Wildman–Crippen MR) is 163 cm³/mol. The van der Waals surface area contributed by atoms with Gasteiger partial charge >= 0.3 is 10.2 Å². The van der Waals surface area contributed by atoms with E-state index < -0.39 is 34.2 Å². The van der Waals surface area contributed by atoms with E-state index in [1.807, 2.05) is 75.4 Å². The number of para-hydroxylation sites is 1. The van der Waals surface area contributed by atoms with Gasteiger partial charge < -0.3 is 10.2 Å². The molecule has 3 rings (SSSR count). The molecule has 0 spiro atoms. The van der Waals surface area contributed by atoms with Gasteiger partial charge in [0, 0.05) is 37.1 Å². The molecule has 0 saturated heterocycles. The third kappa shape index (κ3) is 8.64. The van der Waals surface area contributed by atoms with E-state index in [-0.39, 0.29) is 18.9 Å². The molecule has 8 nitrogen and oxygen atoms in total. The first-order valence-electron chi connectivity index (χ1n) is 12.9. The van der Waals surface area contributed by atoms with Crippen LogP contribution < -0.4 is 9.62 Å². The third-order valence-electron chi connectivity index (χ3n) is 6.07. The van der Waals surface area contributed by atoms with Crippen LogP contribution in [0.4, 0.5) is 5.69 Å². The molecule has 0 fully saturated rings. The van der Waals surface area contributed by atoms with Crippen molar-refractivity contribution in [2.75, 3.05) is 24.9 Å². The molecule has 0 saturated carbocycles. The maximum atomic E-state index is 14.2. The van der Waals surface area contributed by atoms with Gasteiger partial charge in [-0.15, -0.1) is 0 Å². The van der Waals surface area contributed by atoms with Gasteiger partial charge in [0.05, 0.1) is 5.69 Å². The van der Waals surface area contributed by atoms with Gasteiger partial charge in [-0.25, -0.2) is 4.31 Å². The van der Waals surface area contributed by atoms with Crippen molar-refractivity contribution in [2.24, 2.45) is 0 Å². The molecule has 3 aromatic carbocycles. The van der Waals surface area contributed by atoms with E-state index in [1.165, 1.54) is 19.0 Å². The quantitative estimate of drug-likeness (QED) is 0.336. The largest absolute Gasteiger partial charge is 0.350 e. The summed E-state index contributed by atoms with van der Waals surface area (Å²) in [5.74, 6) is -0.819. The second-order valence-electron chi connectivity index (χ2n) is 10.7. The SMILES string of the molecule is CN(C)S(=O)(=O)N(CC(=O)N(Cc1cccc(Br)c1)[C@H](Cc1ccccc1)C(=O)NC(C)(C)C)c1ccccc1. The van der Waals surface area contributed by atoms with Gasteiger partial charge in [-0.2, -0.15) is 12.7 Å². The maximum absolute atomic E-state index is 14.2. The molecular weight excluding hydrogens is 592 g/mol. The van der Waals surface area contributed by atoms with Crippen molar-refractivity contribution in [3.05, 3.63) is 101 Å². The van der Waals surface area contributed by atoms with Crippen LogP contribution in [-0.2, 0) is 32.8 Å². The lowest BCUT2D eigenvalue weighted by atomic mass is 10.0. The van der Waals surface area contributed by atoms with Crippen molar-refractivity contribution < 1.29 is 18.0 Å². The second kappa shape index (κ2) is 13.4. The third-order valence-corrected chi connectivity index (χ3v) is 8.39. The molecular formula is C30H37BrN4O4S. The van der Waals surface area contributed by atoms with E-state index >= 15 is 0 Å². The van der Waals surface area contributed by atoms with Crippen molar-refractivity contribution in [1.82, 2.24) is 14.5 Å². The summed E-state index contributed by atoms with van der Waals surface area (Å²) in [5, 5.41) is 3.02. The van der Waals surface area contributed by atoms with Crippen LogP contribution >= 0.6 is 15.9 Å². The topological polar surface area (TPSA) is 90.0 Å². The average molecular weight is 630 g/mol. The monoisotopic (exact) mass is 628 g/mol. The predicted octanol–water partition coefficient (Wildman–Crippen LogP) is 4.62. The number of nitrogens with zero attached hydrogens (tertiary/aromatic N) is 3. The summed E-state index contributed by atoms with van der Waals surface area (Å²) in [6.45, 7) is 5.27. The molecule has 2 amide bonds. The van der Waals surface area contributed by atoms with Crippen molar-refractivity contribution >= 4 is 43.6 Å². The van der Waals surface area contributed by atoms with Crippen LogP contribution in [0.2, 0.25) is 0 Å². The number of amides is 2. The van der Waals surface area contributed by atoms with Gasteiger partial charge in [-0.3, -0.25) is 9.59 Å². The first-order valence-corrected chi connectivity index (χ1v) is 15.1. The molecule has 214 valence electrons. The fourth-order valence-electron chi connectivity index (χ4n) is 4.15. The van der Waals surface area contributed by atoms with Crippen LogP contribution in [0.1, 0.15) is 31.9 Å². The van der Waals surface area contributed by atoms with Crippen molar-refractivity contribution in [2.45, 2.75) is 45.3 Å². The van der Waals surface area contributed by atoms with Gasteiger partial charge in [-0.05, 0) is 56.2 Å². The van der Waals surface area contributed by atoms with E-state index in [0.717, 1.165) is 24.2 Å². The molecule has 40 heavy (non-hydrogen) atoms. The van der Waals surface area contributed by atoms with Crippen molar-refractivity contribution in [3.63, 3.8) is 0 Å². The Morgan fingerprint density at radius 1 is 0.875 bits per heavy atom. The lowest BCUT2D eigenvalue weighted by Gasteiger charge is -2.35. The minimum absolute atomic E-state index is 0.109. The Morgan fingerprint density at radius 3 is 2.00 bits per heavy atom. The highest BCUT2D eigenvalue weighted by atomic mass is 79.9. The molecule has 0 heterocycles. The fraction of sp³-hybridized carbons (Fsp3) is 0.333. The fourth-order valence-corrected chi connectivity index (χ4v) is 5.65. The van der Waals surface area contributed by atoms with E-state index in [0.29, 0.717) is 5.69 Å². The Morgan fingerprint density at radius 2 is 1.45 bits per heavy atom. The number of benzene rings is 3. The lowest BCUT2D eigenvalue weighted by Crippen LogP contribution is -2.56. The van der Waals surface area contributed by atoms with E-state index in [9.17, 15) is 18.0 Å².